The van der Waals surface area contributed by atoms with Gasteiger partial charge in [-0.25, -0.2) is 0 Å². The molecule has 0 radical (unpaired) electrons. The van der Waals surface area contributed by atoms with E-state index in [1.165, 1.54) is 57.4 Å². The summed E-state index contributed by atoms with van der Waals surface area (Å²) in [5.41, 5.74) is 1.65. The van der Waals surface area contributed by atoms with E-state index in [1.807, 2.05) is 24.3 Å². The first kappa shape index (κ1) is 27.9. The third-order valence-corrected chi connectivity index (χ3v) is 6.36. The van der Waals surface area contributed by atoms with E-state index in [4.69, 9.17) is 0 Å². The third kappa shape index (κ3) is 12.1. The summed E-state index contributed by atoms with van der Waals surface area (Å²) in [7, 11) is -4.10. The van der Waals surface area contributed by atoms with E-state index >= 15 is 0 Å². The lowest BCUT2D eigenvalue weighted by Gasteiger charge is -2.07. The number of rotatable bonds is 14. The second-order valence-electron chi connectivity index (χ2n) is 8.14. The number of aryl methyl sites for hydroxylation is 1. The fourth-order valence-corrected chi connectivity index (χ4v) is 4.36. The molecule has 0 aromatic heterocycles. The van der Waals surface area contributed by atoms with Gasteiger partial charge in [0.1, 0.15) is 5.75 Å². The first-order chi connectivity index (χ1) is 15.4. The summed E-state index contributed by atoms with van der Waals surface area (Å²) in [6.45, 7) is 5.82. The van der Waals surface area contributed by atoms with Crippen LogP contribution in [0.4, 0.5) is 0 Å². The Bertz CT molecular complexity index is 875. The van der Waals surface area contributed by atoms with Crippen LogP contribution < -0.4 is 0 Å². The van der Waals surface area contributed by atoms with Crippen molar-refractivity contribution in [1.29, 1.82) is 0 Å². The fraction of sp³-hybridized carbons (Fsp3) is 0.481. The highest BCUT2D eigenvalue weighted by Gasteiger charge is 2.13. The Hall–Kier alpha value is -2.11. The molecule has 178 valence electrons. The Labute approximate surface area is 195 Å². The molecule has 0 aliphatic heterocycles. The molecule has 0 amide bonds. The molecular weight excluding hydrogens is 420 g/mol. The molecule has 2 rings (SSSR count). The maximum absolute atomic E-state index is 11.3. The molecule has 0 saturated carbocycles. The Morgan fingerprint density at radius 3 is 1.81 bits per heavy atom. The summed E-state index contributed by atoms with van der Waals surface area (Å²) in [5, 5.41) is 9.19. The number of allylic oxidation sites excluding steroid dienone is 1. The van der Waals surface area contributed by atoms with E-state index < -0.39 is 10.1 Å². The van der Waals surface area contributed by atoms with E-state index in [1.54, 1.807) is 24.3 Å². The Morgan fingerprint density at radius 1 is 0.781 bits per heavy atom. The van der Waals surface area contributed by atoms with Gasteiger partial charge in [-0.2, -0.15) is 8.42 Å². The zero-order valence-electron chi connectivity index (χ0n) is 19.5. The van der Waals surface area contributed by atoms with Gasteiger partial charge in [0.2, 0.25) is 0 Å². The molecule has 0 saturated heterocycles. The molecule has 0 atom stereocenters. The van der Waals surface area contributed by atoms with Crippen molar-refractivity contribution in [3.05, 3.63) is 72.3 Å². The van der Waals surface area contributed by atoms with Crippen LogP contribution in [0.25, 0.3) is 0 Å². The Kier molecular flexibility index (Phi) is 14.4. The summed E-state index contributed by atoms with van der Waals surface area (Å²) >= 11 is 0. The van der Waals surface area contributed by atoms with E-state index in [2.05, 4.69) is 13.5 Å². The van der Waals surface area contributed by atoms with Gasteiger partial charge in [0.05, 0.1) is 4.90 Å². The summed E-state index contributed by atoms with van der Waals surface area (Å²) in [6, 6.07) is 14.0. The van der Waals surface area contributed by atoms with Gasteiger partial charge in [0, 0.05) is 0 Å². The van der Waals surface area contributed by atoms with Crippen LogP contribution in [0, 0.1) is 0 Å². The molecule has 5 heteroatoms. The van der Waals surface area contributed by atoms with Gasteiger partial charge < -0.3 is 5.11 Å². The molecule has 0 fully saturated rings. The topological polar surface area (TPSA) is 74.6 Å². The van der Waals surface area contributed by atoms with Crippen LogP contribution >= 0.6 is 0 Å². The molecule has 2 N–H and O–H groups in total. The van der Waals surface area contributed by atoms with Crippen molar-refractivity contribution in [2.24, 2.45) is 0 Å². The average molecular weight is 461 g/mol. The van der Waals surface area contributed by atoms with Crippen LogP contribution in [-0.2, 0) is 23.0 Å². The molecule has 0 heterocycles. The standard InChI is InChI=1S/C18H30O3S.C9H10O/c1-2-3-4-5-6-7-8-9-10-11-14-17-15-12-13-16-18(17)22(19,20)21;1-2-5-8-6-3-4-7-9(8)10/h12-13,15-16H,2-11,14H2,1H3,(H,19,20,21);2-4,6-7,10H,1,5H2. The molecule has 0 spiro atoms. The highest BCUT2D eigenvalue weighted by Crippen LogP contribution is 2.19. The van der Waals surface area contributed by atoms with Crippen LogP contribution in [0.5, 0.6) is 5.75 Å². The number of unbranched alkanes of at least 4 members (excludes halogenated alkanes) is 9. The number of aromatic hydroxyl groups is 1. The minimum Gasteiger partial charge on any atom is -0.508 e. The first-order valence-electron chi connectivity index (χ1n) is 11.8. The van der Waals surface area contributed by atoms with Gasteiger partial charge in [-0.15, -0.1) is 6.58 Å². The second-order valence-corrected chi connectivity index (χ2v) is 9.53. The van der Waals surface area contributed by atoms with Crippen LogP contribution in [0.1, 0.15) is 82.3 Å². The molecule has 32 heavy (non-hydrogen) atoms. The molecule has 0 bridgehead atoms. The number of hydrogen-bond donors (Lipinski definition) is 2. The van der Waals surface area contributed by atoms with Crippen molar-refractivity contribution in [1.82, 2.24) is 0 Å². The predicted molar refractivity (Wildman–Crippen MR) is 134 cm³/mol. The Morgan fingerprint density at radius 2 is 1.28 bits per heavy atom. The third-order valence-electron chi connectivity index (χ3n) is 5.41. The number of phenols is 1. The maximum Gasteiger partial charge on any atom is 0.294 e. The van der Waals surface area contributed by atoms with Crippen LogP contribution in [0.2, 0.25) is 0 Å². The molecule has 4 nitrogen and oxygen atoms in total. The summed E-state index contributed by atoms with van der Waals surface area (Å²) in [5.74, 6) is 0.349. The van der Waals surface area contributed by atoms with Gasteiger partial charge in [0.15, 0.2) is 0 Å². The molecule has 2 aromatic carbocycles. The quantitative estimate of drug-likeness (QED) is 0.174. The summed E-state index contributed by atoms with van der Waals surface area (Å²) < 4.78 is 31.8. The van der Waals surface area contributed by atoms with E-state index in [9.17, 15) is 18.1 Å². The van der Waals surface area contributed by atoms with E-state index in [0.717, 1.165) is 30.4 Å². The lowest BCUT2D eigenvalue weighted by molar-refractivity contribution is 0.469. The maximum atomic E-state index is 11.3. The molecule has 0 aliphatic rings. The summed E-state index contributed by atoms with van der Waals surface area (Å²) in [6.07, 6.45) is 15.8. The van der Waals surface area contributed by atoms with Crippen LogP contribution in [-0.4, -0.2) is 18.1 Å². The average Bonchev–Trinajstić information content (AvgIpc) is 2.77. The monoisotopic (exact) mass is 460 g/mol. The van der Waals surface area contributed by atoms with E-state index in [0.29, 0.717) is 12.2 Å². The van der Waals surface area contributed by atoms with Crippen LogP contribution in [0.3, 0.4) is 0 Å². The SMILES string of the molecule is C=CCc1ccccc1O.CCCCCCCCCCCCc1ccccc1S(=O)(=O)O. The molecule has 0 aliphatic carbocycles. The largest absolute Gasteiger partial charge is 0.508 e. The molecular formula is C27H40O4S. The smallest absolute Gasteiger partial charge is 0.294 e. The minimum atomic E-state index is -4.10. The van der Waals surface area contributed by atoms with Crippen molar-refractivity contribution in [3.63, 3.8) is 0 Å². The predicted octanol–water partition coefficient (Wildman–Crippen LogP) is 7.52. The van der Waals surface area contributed by atoms with Crippen molar-refractivity contribution in [2.45, 2.75) is 88.9 Å². The second kappa shape index (κ2) is 16.5. The number of benzene rings is 2. The zero-order chi connectivity index (χ0) is 23.7. The van der Waals surface area contributed by atoms with Crippen LogP contribution in [0.15, 0.2) is 66.1 Å². The lowest BCUT2D eigenvalue weighted by Crippen LogP contribution is -2.03. The first-order valence-corrected chi connectivity index (χ1v) is 13.3. The Balaban J connectivity index is 0.000000425. The van der Waals surface area contributed by atoms with Gasteiger partial charge >= 0.3 is 0 Å². The van der Waals surface area contributed by atoms with E-state index in [-0.39, 0.29) is 4.90 Å². The van der Waals surface area contributed by atoms with Crippen molar-refractivity contribution in [2.75, 3.05) is 0 Å². The molecule has 0 unspecified atom stereocenters. The summed E-state index contributed by atoms with van der Waals surface area (Å²) in [4.78, 5) is 0.0610. The van der Waals surface area contributed by atoms with Crippen molar-refractivity contribution in [3.8, 4) is 5.75 Å². The zero-order valence-corrected chi connectivity index (χ0v) is 20.3. The van der Waals surface area contributed by atoms with Gasteiger partial charge in [-0.05, 0) is 42.5 Å². The minimum absolute atomic E-state index is 0.0610. The highest BCUT2D eigenvalue weighted by atomic mass is 32.2. The van der Waals surface area contributed by atoms with Crippen molar-refractivity contribution < 1.29 is 18.1 Å². The van der Waals surface area contributed by atoms with Gasteiger partial charge in [-0.1, -0.05) is 107 Å². The number of phenolic OH excluding ortho intramolecular Hbond substituents is 1. The number of hydrogen-bond acceptors (Lipinski definition) is 3. The highest BCUT2D eigenvalue weighted by molar-refractivity contribution is 7.85. The normalized spacial score (nSPS) is 10.9. The van der Waals surface area contributed by atoms with Gasteiger partial charge in [0.25, 0.3) is 10.1 Å². The van der Waals surface area contributed by atoms with Crippen molar-refractivity contribution >= 4 is 10.1 Å². The lowest BCUT2D eigenvalue weighted by atomic mass is 10.0. The fourth-order valence-electron chi connectivity index (χ4n) is 3.60. The number of para-hydroxylation sites is 1. The van der Waals surface area contributed by atoms with Gasteiger partial charge in [-0.3, -0.25) is 4.55 Å². The molecule has 2 aromatic rings.